The third-order valence-electron chi connectivity index (χ3n) is 2.48. The first kappa shape index (κ1) is 12.6. The number of hydrogen-bond donors (Lipinski definition) is 0. The highest BCUT2D eigenvalue weighted by Crippen LogP contribution is 2.19. The average molecular weight is 185 g/mol. The van der Waals surface area contributed by atoms with Crippen LogP contribution in [0.4, 0.5) is 0 Å². The third-order valence-corrected chi connectivity index (χ3v) is 2.48. The van der Waals surface area contributed by atoms with Crippen molar-refractivity contribution in [1.29, 1.82) is 0 Å². The normalized spacial score (nSPS) is 14.7. The Hall–Kier alpha value is -0.370. The Bertz CT molecular complexity index is 165. The van der Waals surface area contributed by atoms with Gasteiger partial charge in [-0.3, -0.25) is 9.69 Å². The molecule has 1 atom stereocenters. The topological polar surface area (TPSA) is 20.3 Å². The van der Waals surface area contributed by atoms with Gasteiger partial charge in [0.15, 0.2) is 5.78 Å². The molecule has 0 aromatic heterocycles. The highest BCUT2D eigenvalue weighted by Gasteiger charge is 2.29. The Kier molecular flexibility index (Phi) is 4.62. The van der Waals surface area contributed by atoms with Crippen molar-refractivity contribution in [3.63, 3.8) is 0 Å². The van der Waals surface area contributed by atoms with Crippen LogP contribution in [0.2, 0.25) is 0 Å². The number of nitrogens with zero attached hydrogens (tertiary/aromatic N) is 1. The van der Waals surface area contributed by atoms with Gasteiger partial charge < -0.3 is 0 Å². The van der Waals surface area contributed by atoms with Crippen LogP contribution in [0.5, 0.6) is 0 Å². The van der Waals surface area contributed by atoms with Crippen molar-refractivity contribution < 1.29 is 4.79 Å². The van der Waals surface area contributed by atoms with Crippen LogP contribution in [-0.2, 0) is 4.79 Å². The van der Waals surface area contributed by atoms with Crippen molar-refractivity contribution in [1.82, 2.24) is 4.90 Å². The average Bonchev–Trinajstić information content (AvgIpc) is 2.03. The molecule has 0 aliphatic carbocycles. The lowest BCUT2D eigenvalue weighted by molar-refractivity contribution is -0.131. The Labute approximate surface area is 82.3 Å². The molecular formula is C11H23NO. The quantitative estimate of drug-likeness (QED) is 0.670. The zero-order valence-electron chi connectivity index (χ0n) is 9.85. The summed E-state index contributed by atoms with van der Waals surface area (Å²) in [4.78, 5) is 14.1. The van der Waals surface area contributed by atoms with Gasteiger partial charge in [0.1, 0.15) is 0 Å². The monoisotopic (exact) mass is 185 g/mol. The van der Waals surface area contributed by atoms with Crippen LogP contribution in [0.15, 0.2) is 0 Å². The Morgan fingerprint density at radius 1 is 1.23 bits per heavy atom. The zero-order chi connectivity index (χ0) is 10.6. The number of carbonyl (C=O) groups excluding carboxylic acids is 1. The Morgan fingerprint density at radius 3 is 1.85 bits per heavy atom. The van der Waals surface area contributed by atoms with Crippen LogP contribution < -0.4 is 0 Å². The first-order valence-corrected chi connectivity index (χ1v) is 5.13. The first-order valence-electron chi connectivity index (χ1n) is 5.13. The van der Waals surface area contributed by atoms with Crippen molar-refractivity contribution in [2.45, 2.75) is 47.6 Å². The van der Waals surface area contributed by atoms with Crippen LogP contribution in [0.3, 0.4) is 0 Å². The van der Waals surface area contributed by atoms with Crippen molar-refractivity contribution in [3.05, 3.63) is 0 Å². The predicted molar refractivity (Wildman–Crippen MR) is 56.8 cm³/mol. The molecule has 0 spiro atoms. The summed E-state index contributed by atoms with van der Waals surface area (Å²) in [5.41, 5.74) is -0.220. The summed E-state index contributed by atoms with van der Waals surface area (Å²) in [5.74, 6) is 0.330. The van der Waals surface area contributed by atoms with E-state index in [4.69, 9.17) is 0 Å². The molecule has 2 nitrogen and oxygen atoms in total. The number of hydrogen-bond acceptors (Lipinski definition) is 2. The van der Waals surface area contributed by atoms with Gasteiger partial charge >= 0.3 is 0 Å². The summed E-state index contributed by atoms with van der Waals surface area (Å²) in [6, 6.07) is 0.0509. The second-order valence-corrected chi connectivity index (χ2v) is 4.51. The predicted octanol–water partition coefficient (Wildman–Crippen LogP) is 2.33. The summed E-state index contributed by atoms with van der Waals surface area (Å²) in [6.45, 7) is 14.0. The Morgan fingerprint density at radius 2 is 1.62 bits per heavy atom. The van der Waals surface area contributed by atoms with Gasteiger partial charge in [-0.2, -0.15) is 0 Å². The molecule has 0 bridgehead atoms. The molecule has 0 heterocycles. The SMILES string of the molecule is CCN(CC)[C@H](C)C(=O)C(C)(C)C. The minimum absolute atomic E-state index is 0.0509. The van der Waals surface area contributed by atoms with E-state index in [-0.39, 0.29) is 11.5 Å². The van der Waals surface area contributed by atoms with E-state index in [2.05, 4.69) is 18.7 Å². The summed E-state index contributed by atoms with van der Waals surface area (Å²) >= 11 is 0. The lowest BCUT2D eigenvalue weighted by atomic mass is 9.86. The van der Waals surface area contributed by atoms with E-state index in [9.17, 15) is 4.79 Å². The van der Waals surface area contributed by atoms with Gasteiger partial charge in [0.05, 0.1) is 6.04 Å². The van der Waals surface area contributed by atoms with Gasteiger partial charge in [0.2, 0.25) is 0 Å². The second kappa shape index (κ2) is 4.75. The van der Waals surface area contributed by atoms with Crippen molar-refractivity contribution in [2.24, 2.45) is 5.41 Å². The summed E-state index contributed by atoms with van der Waals surface area (Å²) in [7, 11) is 0. The number of carbonyl (C=O) groups is 1. The lowest BCUT2D eigenvalue weighted by Gasteiger charge is -2.30. The van der Waals surface area contributed by atoms with Gasteiger partial charge in [0, 0.05) is 5.41 Å². The van der Waals surface area contributed by atoms with Gasteiger partial charge in [-0.25, -0.2) is 0 Å². The molecular weight excluding hydrogens is 162 g/mol. The van der Waals surface area contributed by atoms with Crippen LogP contribution in [0, 0.1) is 5.41 Å². The van der Waals surface area contributed by atoms with E-state index in [0.29, 0.717) is 5.78 Å². The first-order chi connectivity index (χ1) is 5.84. The zero-order valence-corrected chi connectivity index (χ0v) is 9.85. The molecule has 0 aromatic carbocycles. The third kappa shape index (κ3) is 3.47. The standard InChI is InChI=1S/C11H23NO/c1-7-12(8-2)9(3)10(13)11(4,5)6/h9H,7-8H2,1-6H3/t9-/m1/s1. The van der Waals surface area contributed by atoms with Gasteiger partial charge in [0.25, 0.3) is 0 Å². The van der Waals surface area contributed by atoms with E-state index in [1.54, 1.807) is 0 Å². The fourth-order valence-corrected chi connectivity index (χ4v) is 1.56. The Balaban J connectivity index is 4.41. The molecule has 0 amide bonds. The summed E-state index contributed by atoms with van der Waals surface area (Å²) < 4.78 is 0. The summed E-state index contributed by atoms with van der Waals surface area (Å²) in [5, 5.41) is 0. The maximum absolute atomic E-state index is 11.9. The fourth-order valence-electron chi connectivity index (χ4n) is 1.56. The minimum atomic E-state index is -0.220. The van der Waals surface area contributed by atoms with Crippen LogP contribution >= 0.6 is 0 Å². The lowest BCUT2D eigenvalue weighted by Crippen LogP contribution is -2.43. The van der Waals surface area contributed by atoms with Crippen molar-refractivity contribution >= 4 is 5.78 Å². The molecule has 0 saturated carbocycles. The number of likely N-dealkylation sites (N-methyl/N-ethyl adjacent to an activating group) is 1. The molecule has 0 aliphatic rings. The molecule has 78 valence electrons. The maximum atomic E-state index is 11.9. The molecule has 0 aromatic rings. The second-order valence-electron chi connectivity index (χ2n) is 4.51. The molecule has 0 fully saturated rings. The molecule has 0 radical (unpaired) electrons. The molecule has 2 heteroatoms. The largest absolute Gasteiger partial charge is 0.297 e. The smallest absolute Gasteiger partial charge is 0.154 e. The molecule has 0 saturated heterocycles. The highest BCUT2D eigenvalue weighted by atomic mass is 16.1. The molecule has 0 unspecified atom stereocenters. The molecule has 0 N–H and O–H groups in total. The van der Waals surface area contributed by atoms with Gasteiger partial charge in [-0.05, 0) is 20.0 Å². The van der Waals surface area contributed by atoms with E-state index >= 15 is 0 Å². The minimum Gasteiger partial charge on any atom is -0.297 e. The molecule has 0 aliphatic heterocycles. The van der Waals surface area contributed by atoms with Crippen LogP contribution in [0.25, 0.3) is 0 Å². The van der Waals surface area contributed by atoms with Crippen molar-refractivity contribution in [2.75, 3.05) is 13.1 Å². The van der Waals surface area contributed by atoms with E-state index in [1.807, 2.05) is 27.7 Å². The van der Waals surface area contributed by atoms with E-state index in [0.717, 1.165) is 13.1 Å². The molecule has 13 heavy (non-hydrogen) atoms. The molecule has 0 rings (SSSR count). The number of ketones is 1. The number of Topliss-reactive ketones (excluding diaryl/α,β-unsaturated/α-hetero) is 1. The fraction of sp³-hybridized carbons (Fsp3) is 0.909. The van der Waals surface area contributed by atoms with E-state index < -0.39 is 0 Å². The van der Waals surface area contributed by atoms with Crippen LogP contribution in [-0.4, -0.2) is 29.8 Å². The number of rotatable bonds is 4. The van der Waals surface area contributed by atoms with E-state index in [1.165, 1.54) is 0 Å². The summed E-state index contributed by atoms with van der Waals surface area (Å²) in [6.07, 6.45) is 0. The highest BCUT2D eigenvalue weighted by molar-refractivity contribution is 5.88. The van der Waals surface area contributed by atoms with Crippen molar-refractivity contribution in [3.8, 4) is 0 Å². The van der Waals surface area contributed by atoms with Gasteiger partial charge in [-0.1, -0.05) is 34.6 Å². The maximum Gasteiger partial charge on any atom is 0.154 e. The van der Waals surface area contributed by atoms with Gasteiger partial charge in [-0.15, -0.1) is 0 Å². The van der Waals surface area contributed by atoms with Crippen LogP contribution in [0.1, 0.15) is 41.5 Å².